The van der Waals surface area contributed by atoms with E-state index in [1.807, 2.05) is 20.8 Å². The van der Waals surface area contributed by atoms with Crippen LogP contribution in [0, 0.1) is 0 Å². The number of rotatable bonds is 2. The van der Waals surface area contributed by atoms with Gasteiger partial charge in [-0.15, -0.1) is 0 Å². The summed E-state index contributed by atoms with van der Waals surface area (Å²) in [5.74, 6) is 0. The number of nitrogens with zero attached hydrogens (tertiary/aromatic N) is 1. The summed E-state index contributed by atoms with van der Waals surface area (Å²) in [5.41, 5.74) is -0.806. The van der Waals surface area contributed by atoms with Crippen molar-refractivity contribution in [3.05, 3.63) is 0 Å². The summed E-state index contributed by atoms with van der Waals surface area (Å²) in [6.45, 7) is 5.64. The Morgan fingerprint density at radius 2 is 1.80 bits per heavy atom. The summed E-state index contributed by atoms with van der Waals surface area (Å²) in [6, 6.07) is 0. The summed E-state index contributed by atoms with van der Waals surface area (Å²) in [5, 5.41) is 10.1. The van der Waals surface area contributed by atoms with E-state index in [4.69, 9.17) is 0 Å². The van der Waals surface area contributed by atoms with Crippen LogP contribution in [0.5, 0.6) is 0 Å². The van der Waals surface area contributed by atoms with Gasteiger partial charge in [-0.2, -0.15) is 0 Å². The van der Waals surface area contributed by atoms with E-state index in [1.54, 1.807) is 0 Å². The van der Waals surface area contributed by atoms with E-state index in [-0.39, 0.29) is 4.75 Å². The first-order valence-electron chi connectivity index (χ1n) is 5.53. The minimum absolute atomic E-state index is 0.346. The van der Waals surface area contributed by atoms with Crippen LogP contribution in [0.1, 0.15) is 52.9 Å². The Morgan fingerprint density at radius 1 is 1.27 bits per heavy atom. The van der Waals surface area contributed by atoms with Gasteiger partial charge in [0.15, 0.2) is 0 Å². The quantitative estimate of drug-likeness (QED) is 0.585. The number of hydrogen-bond donors (Lipinski definition) is 1. The van der Waals surface area contributed by atoms with E-state index in [1.165, 1.54) is 12.6 Å². The van der Waals surface area contributed by atoms with Crippen molar-refractivity contribution in [3.63, 3.8) is 0 Å². The fourth-order valence-corrected chi connectivity index (χ4v) is 2.21. The van der Waals surface area contributed by atoms with Crippen molar-refractivity contribution in [1.29, 1.82) is 0 Å². The van der Waals surface area contributed by atoms with Crippen molar-refractivity contribution >= 4 is 17.6 Å². The molecule has 0 aromatic heterocycles. The van der Waals surface area contributed by atoms with Crippen LogP contribution in [0.25, 0.3) is 0 Å². The molecule has 0 saturated heterocycles. The van der Waals surface area contributed by atoms with Crippen molar-refractivity contribution in [3.8, 4) is 0 Å². The highest BCUT2D eigenvalue weighted by molar-refractivity contribution is 7.91. The standard InChI is InChI=1S/C11H21NO2S/c1-10(2,3)15(14)12-9-11(13)7-5-4-6-8-11/h9,13H,4-8H2,1-3H3/t15-/m0/s1. The maximum absolute atomic E-state index is 11.7. The molecule has 1 aliphatic carbocycles. The lowest BCUT2D eigenvalue weighted by atomic mass is 9.86. The number of aliphatic hydroxyl groups is 1. The van der Waals surface area contributed by atoms with Crippen molar-refractivity contribution in [2.75, 3.05) is 0 Å². The second-order valence-corrected chi connectivity index (χ2v) is 7.19. The summed E-state index contributed by atoms with van der Waals surface area (Å²) < 4.78 is 15.3. The second-order valence-electron chi connectivity index (χ2n) is 5.26. The van der Waals surface area contributed by atoms with Gasteiger partial charge in [-0.25, -0.2) is 0 Å². The van der Waals surface area contributed by atoms with Gasteiger partial charge >= 0.3 is 0 Å². The fourth-order valence-electron chi connectivity index (χ4n) is 1.60. The van der Waals surface area contributed by atoms with E-state index in [0.717, 1.165) is 25.7 Å². The zero-order valence-electron chi connectivity index (χ0n) is 9.82. The Bertz CT molecular complexity index is 229. The molecule has 0 radical (unpaired) electrons. The molecule has 1 aliphatic rings. The van der Waals surface area contributed by atoms with Gasteiger partial charge in [0.25, 0.3) is 0 Å². The molecule has 3 nitrogen and oxygen atoms in total. The van der Waals surface area contributed by atoms with Gasteiger partial charge in [0.05, 0.1) is 6.21 Å². The summed E-state index contributed by atoms with van der Waals surface area (Å²) >= 11 is -1.26. The molecule has 0 amide bonds. The zero-order chi connectivity index (χ0) is 11.5. The van der Waals surface area contributed by atoms with E-state index in [2.05, 4.69) is 4.40 Å². The maximum Gasteiger partial charge on any atom is 0.144 e. The lowest BCUT2D eigenvalue weighted by Gasteiger charge is -2.28. The van der Waals surface area contributed by atoms with Gasteiger partial charge in [-0.05, 0) is 33.6 Å². The average molecular weight is 231 g/mol. The van der Waals surface area contributed by atoms with Crippen molar-refractivity contribution in [1.82, 2.24) is 0 Å². The largest absolute Gasteiger partial charge is 0.591 e. The highest BCUT2D eigenvalue weighted by atomic mass is 32.2. The van der Waals surface area contributed by atoms with Gasteiger partial charge < -0.3 is 9.66 Å². The minimum Gasteiger partial charge on any atom is -0.591 e. The molecule has 1 saturated carbocycles. The first-order valence-corrected chi connectivity index (χ1v) is 6.64. The Balaban J connectivity index is 2.55. The van der Waals surface area contributed by atoms with Crippen molar-refractivity contribution in [2.45, 2.75) is 63.2 Å². The molecule has 15 heavy (non-hydrogen) atoms. The van der Waals surface area contributed by atoms with Gasteiger partial charge in [-0.1, -0.05) is 23.7 Å². The summed E-state index contributed by atoms with van der Waals surface area (Å²) in [7, 11) is 0. The predicted octanol–water partition coefficient (Wildman–Crippen LogP) is 2.21. The number of hydrogen-bond acceptors (Lipinski definition) is 3. The molecule has 1 N–H and O–H groups in total. The maximum atomic E-state index is 11.7. The minimum atomic E-state index is -1.26. The van der Waals surface area contributed by atoms with Crippen molar-refractivity contribution in [2.24, 2.45) is 4.40 Å². The molecule has 1 rings (SSSR count). The van der Waals surface area contributed by atoms with Gasteiger partial charge in [0.2, 0.25) is 0 Å². The lowest BCUT2D eigenvalue weighted by Crippen LogP contribution is -2.34. The van der Waals surface area contributed by atoms with Gasteiger partial charge in [0.1, 0.15) is 21.7 Å². The molecular weight excluding hydrogens is 210 g/mol. The molecule has 4 heteroatoms. The highest BCUT2D eigenvalue weighted by Crippen LogP contribution is 2.27. The smallest absolute Gasteiger partial charge is 0.144 e. The van der Waals surface area contributed by atoms with E-state index in [9.17, 15) is 9.66 Å². The zero-order valence-corrected chi connectivity index (χ0v) is 10.6. The predicted molar refractivity (Wildman–Crippen MR) is 64.4 cm³/mol. The highest BCUT2D eigenvalue weighted by Gasteiger charge is 2.31. The third kappa shape index (κ3) is 4.13. The van der Waals surface area contributed by atoms with Gasteiger partial charge in [0, 0.05) is 0 Å². The van der Waals surface area contributed by atoms with Crippen LogP contribution in [0.3, 0.4) is 0 Å². The molecule has 0 heterocycles. The molecule has 88 valence electrons. The van der Waals surface area contributed by atoms with Crippen molar-refractivity contribution < 1.29 is 9.66 Å². The molecule has 0 aliphatic heterocycles. The van der Waals surface area contributed by atoms with Crippen LogP contribution >= 0.6 is 0 Å². The molecule has 0 unspecified atom stereocenters. The molecule has 1 fully saturated rings. The molecule has 0 aromatic carbocycles. The van der Waals surface area contributed by atoms with Crippen LogP contribution in [0.15, 0.2) is 4.40 Å². The Morgan fingerprint density at radius 3 is 2.27 bits per heavy atom. The average Bonchev–Trinajstić information content (AvgIpc) is 2.14. The van der Waals surface area contributed by atoms with Crippen LogP contribution < -0.4 is 0 Å². The third-order valence-corrected chi connectivity index (χ3v) is 3.98. The Kier molecular flexibility index (Phi) is 4.20. The molecule has 1 atom stereocenters. The van der Waals surface area contributed by atoms with Crippen LogP contribution in [0.2, 0.25) is 0 Å². The third-order valence-electron chi connectivity index (χ3n) is 2.63. The summed E-state index contributed by atoms with van der Waals surface area (Å²) in [4.78, 5) is 0. The first kappa shape index (κ1) is 13.0. The molecule has 0 bridgehead atoms. The van der Waals surface area contributed by atoms with Crippen LogP contribution in [-0.4, -0.2) is 26.2 Å². The normalized spacial score (nSPS) is 24.3. The second kappa shape index (κ2) is 4.85. The Hall–Kier alpha value is -0.0600. The molecule has 0 aromatic rings. The fraction of sp³-hybridized carbons (Fsp3) is 0.909. The van der Waals surface area contributed by atoms with E-state index in [0.29, 0.717) is 0 Å². The SMILES string of the molecule is CC(C)(C)[S@+]([O-])N=CC1(O)CCCCC1. The lowest BCUT2D eigenvalue weighted by molar-refractivity contribution is 0.0760. The van der Waals surface area contributed by atoms with Gasteiger partial charge in [-0.3, -0.25) is 0 Å². The monoisotopic (exact) mass is 231 g/mol. The topological polar surface area (TPSA) is 55.7 Å². The molecular formula is C11H21NO2S. The summed E-state index contributed by atoms with van der Waals surface area (Å²) in [6.07, 6.45) is 6.25. The van der Waals surface area contributed by atoms with E-state index < -0.39 is 17.0 Å². The Labute approximate surface area is 95.3 Å². The van der Waals surface area contributed by atoms with Crippen LogP contribution in [0.4, 0.5) is 0 Å². The van der Waals surface area contributed by atoms with Crippen LogP contribution in [-0.2, 0) is 11.4 Å². The van der Waals surface area contributed by atoms with E-state index >= 15 is 0 Å². The first-order chi connectivity index (χ1) is 6.83. The molecule has 0 spiro atoms.